The molecule has 0 saturated heterocycles. The van der Waals surface area contributed by atoms with Gasteiger partial charge in [0.15, 0.2) is 0 Å². The summed E-state index contributed by atoms with van der Waals surface area (Å²) in [6, 6.07) is 0. The van der Waals surface area contributed by atoms with Gasteiger partial charge in [-0.05, 0) is 30.6 Å². The summed E-state index contributed by atoms with van der Waals surface area (Å²) in [5.74, 6) is 1.11. The molecule has 2 aliphatic carbocycles. The summed E-state index contributed by atoms with van der Waals surface area (Å²) in [5, 5.41) is 0. The maximum Gasteiger partial charge on any atom is -0.0323 e. The molecule has 0 aromatic heterocycles. The van der Waals surface area contributed by atoms with Gasteiger partial charge in [0.25, 0.3) is 0 Å². The third kappa shape index (κ3) is 1.98. The predicted octanol–water partition coefficient (Wildman–Crippen LogP) is 3.76. The normalized spacial score (nSPS) is 30.3. The average Bonchev–Trinajstić information content (AvgIpc) is 2.70. The molecule has 2 fully saturated rings. The van der Waals surface area contributed by atoms with Crippen LogP contribution in [0.15, 0.2) is 0 Å². The Morgan fingerprint density at radius 1 is 1.09 bits per heavy atom. The smallest absolute Gasteiger partial charge is 0.0323 e. The molecule has 0 heterocycles. The molecule has 2 saturated carbocycles. The molecule has 0 amide bonds. The van der Waals surface area contributed by atoms with Crippen LogP contribution in [0.25, 0.3) is 0 Å². The van der Waals surface area contributed by atoms with E-state index in [1.807, 2.05) is 0 Å². The molecule has 0 unspecified atom stereocenters. The first kappa shape index (κ1) is 7.64. The van der Waals surface area contributed by atoms with Crippen LogP contribution in [0, 0.1) is 11.3 Å². The minimum Gasteiger partial charge on any atom is -0.0596 e. The second kappa shape index (κ2) is 2.80. The Bertz CT molecular complexity index is 127. The molecule has 0 radical (unpaired) electrons. The van der Waals surface area contributed by atoms with E-state index in [0.29, 0.717) is 0 Å². The van der Waals surface area contributed by atoms with Gasteiger partial charge in [-0.1, -0.05) is 39.0 Å². The first-order valence-corrected chi connectivity index (χ1v) is 5.29. The van der Waals surface area contributed by atoms with Crippen molar-refractivity contribution >= 4 is 0 Å². The van der Waals surface area contributed by atoms with Crippen LogP contribution in [0.1, 0.15) is 58.3 Å². The Morgan fingerprint density at radius 3 is 2.27 bits per heavy atom. The van der Waals surface area contributed by atoms with Gasteiger partial charge in [0, 0.05) is 0 Å². The maximum absolute atomic E-state index is 2.47. The number of hydrogen-bond donors (Lipinski definition) is 0. The van der Waals surface area contributed by atoms with E-state index in [2.05, 4.69) is 6.92 Å². The van der Waals surface area contributed by atoms with Crippen LogP contribution in [-0.4, -0.2) is 0 Å². The van der Waals surface area contributed by atoms with Crippen molar-refractivity contribution in [2.75, 3.05) is 0 Å². The summed E-state index contributed by atoms with van der Waals surface area (Å²) < 4.78 is 0. The van der Waals surface area contributed by atoms with E-state index in [4.69, 9.17) is 0 Å². The highest BCUT2D eigenvalue weighted by atomic mass is 14.4. The van der Waals surface area contributed by atoms with Gasteiger partial charge in [-0.3, -0.25) is 0 Å². The molecule has 0 aromatic rings. The Labute approximate surface area is 70.4 Å². The van der Waals surface area contributed by atoms with Crippen LogP contribution in [-0.2, 0) is 0 Å². The van der Waals surface area contributed by atoms with E-state index < -0.39 is 0 Å². The van der Waals surface area contributed by atoms with Crippen LogP contribution in [0.3, 0.4) is 0 Å². The van der Waals surface area contributed by atoms with E-state index in [9.17, 15) is 0 Å². The minimum atomic E-state index is 0.808. The van der Waals surface area contributed by atoms with Gasteiger partial charge in [0.1, 0.15) is 0 Å². The van der Waals surface area contributed by atoms with Crippen molar-refractivity contribution in [1.29, 1.82) is 0 Å². The third-order valence-electron chi connectivity index (χ3n) is 3.61. The van der Waals surface area contributed by atoms with E-state index in [0.717, 1.165) is 11.3 Å². The van der Waals surface area contributed by atoms with Gasteiger partial charge < -0.3 is 0 Å². The Morgan fingerprint density at radius 2 is 1.73 bits per heavy atom. The lowest BCUT2D eigenvalue weighted by molar-refractivity contribution is 0.286. The van der Waals surface area contributed by atoms with Crippen molar-refractivity contribution < 1.29 is 0 Å². The van der Waals surface area contributed by atoms with Gasteiger partial charge in [0.2, 0.25) is 0 Å². The van der Waals surface area contributed by atoms with E-state index in [1.165, 1.54) is 44.9 Å². The van der Waals surface area contributed by atoms with Crippen molar-refractivity contribution in [3.63, 3.8) is 0 Å². The molecule has 2 aliphatic rings. The quantitative estimate of drug-likeness (QED) is 0.565. The molecule has 0 aliphatic heterocycles. The van der Waals surface area contributed by atoms with E-state index in [-0.39, 0.29) is 0 Å². The lowest BCUT2D eigenvalue weighted by Gasteiger charge is -2.24. The highest BCUT2D eigenvalue weighted by Crippen LogP contribution is 2.51. The molecule has 0 aromatic carbocycles. The van der Waals surface area contributed by atoms with Crippen molar-refractivity contribution in [1.82, 2.24) is 0 Å². The summed E-state index contributed by atoms with van der Waals surface area (Å²) in [7, 11) is 0. The molecule has 0 heteroatoms. The van der Waals surface area contributed by atoms with Gasteiger partial charge >= 0.3 is 0 Å². The largest absolute Gasteiger partial charge is 0.0596 e. The number of rotatable bonds is 2. The summed E-state index contributed by atoms with van der Waals surface area (Å²) in [6.45, 7) is 2.47. The van der Waals surface area contributed by atoms with Gasteiger partial charge in [-0.15, -0.1) is 0 Å². The van der Waals surface area contributed by atoms with Gasteiger partial charge in [-0.25, -0.2) is 0 Å². The highest BCUT2D eigenvalue weighted by molar-refractivity contribution is 4.90. The Kier molecular flexibility index (Phi) is 1.95. The molecule has 11 heavy (non-hydrogen) atoms. The topological polar surface area (TPSA) is 0 Å². The van der Waals surface area contributed by atoms with Crippen molar-refractivity contribution in [3.8, 4) is 0 Å². The molecule has 0 bridgehead atoms. The van der Waals surface area contributed by atoms with Crippen LogP contribution in [0.4, 0.5) is 0 Å². The Hall–Kier alpha value is 0. The SMILES string of the molecule is CC1(CC2CCCCC2)CC1. The zero-order chi connectivity index (χ0) is 7.73. The first-order valence-electron chi connectivity index (χ1n) is 5.29. The zero-order valence-corrected chi connectivity index (χ0v) is 7.73. The van der Waals surface area contributed by atoms with Gasteiger partial charge in [0.05, 0.1) is 0 Å². The lowest BCUT2D eigenvalue weighted by atomic mass is 9.82. The van der Waals surface area contributed by atoms with Crippen molar-refractivity contribution in [2.24, 2.45) is 11.3 Å². The fourth-order valence-corrected chi connectivity index (χ4v) is 2.51. The third-order valence-corrected chi connectivity index (χ3v) is 3.61. The fraction of sp³-hybridized carbons (Fsp3) is 1.00. The standard InChI is InChI=1S/C11H20/c1-11(7-8-11)9-10-5-3-2-4-6-10/h10H,2-9H2,1H3. The molecular weight excluding hydrogens is 132 g/mol. The monoisotopic (exact) mass is 152 g/mol. The molecule has 0 spiro atoms. The second-order valence-electron chi connectivity index (χ2n) is 5.02. The summed E-state index contributed by atoms with van der Waals surface area (Å²) >= 11 is 0. The average molecular weight is 152 g/mol. The molecule has 2 rings (SSSR count). The minimum absolute atomic E-state index is 0.808. The van der Waals surface area contributed by atoms with E-state index in [1.54, 1.807) is 6.42 Å². The first-order chi connectivity index (χ1) is 5.29. The molecule has 0 N–H and O–H groups in total. The van der Waals surface area contributed by atoms with Crippen molar-refractivity contribution in [2.45, 2.75) is 58.3 Å². The van der Waals surface area contributed by atoms with Crippen LogP contribution >= 0.6 is 0 Å². The summed E-state index contributed by atoms with van der Waals surface area (Å²) in [4.78, 5) is 0. The van der Waals surface area contributed by atoms with Crippen LogP contribution < -0.4 is 0 Å². The second-order valence-corrected chi connectivity index (χ2v) is 5.02. The highest BCUT2D eigenvalue weighted by Gasteiger charge is 2.38. The van der Waals surface area contributed by atoms with Crippen molar-refractivity contribution in [3.05, 3.63) is 0 Å². The Balaban J connectivity index is 1.76. The molecule has 0 nitrogen and oxygen atoms in total. The predicted molar refractivity (Wildman–Crippen MR) is 48.5 cm³/mol. The molecular formula is C11H20. The maximum atomic E-state index is 2.47. The lowest BCUT2D eigenvalue weighted by Crippen LogP contribution is -2.10. The fourth-order valence-electron chi connectivity index (χ4n) is 2.51. The summed E-state index contributed by atoms with van der Waals surface area (Å²) in [5.41, 5.74) is 0.808. The summed E-state index contributed by atoms with van der Waals surface area (Å²) in [6.07, 6.45) is 12.2. The van der Waals surface area contributed by atoms with E-state index >= 15 is 0 Å². The molecule has 0 atom stereocenters. The number of hydrogen-bond acceptors (Lipinski definition) is 0. The van der Waals surface area contributed by atoms with Crippen LogP contribution in [0.2, 0.25) is 0 Å². The molecule has 64 valence electrons. The van der Waals surface area contributed by atoms with Crippen LogP contribution in [0.5, 0.6) is 0 Å². The van der Waals surface area contributed by atoms with Gasteiger partial charge in [-0.2, -0.15) is 0 Å². The zero-order valence-electron chi connectivity index (χ0n) is 7.73.